The van der Waals surface area contributed by atoms with Crippen molar-refractivity contribution in [1.82, 2.24) is 0 Å². The van der Waals surface area contributed by atoms with Gasteiger partial charge in [0.15, 0.2) is 12.4 Å². The number of fused-ring (bicyclic) bond motifs is 2. The zero-order chi connectivity index (χ0) is 19.7. The topological polar surface area (TPSA) is 71.1 Å². The number of allylic oxidation sites excluding steroid dienone is 1. The highest BCUT2D eigenvalue weighted by Crippen LogP contribution is 2.36. The van der Waals surface area contributed by atoms with E-state index in [1.807, 2.05) is 37.3 Å². The number of benzene rings is 2. The molecule has 0 saturated heterocycles. The third-order valence-corrected chi connectivity index (χ3v) is 4.54. The van der Waals surface area contributed by atoms with E-state index in [1.54, 1.807) is 24.3 Å². The van der Waals surface area contributed by atoms with Gasteiger partial charge in [0.05, 0.1) is 12.7 Å². The van der Waals surface area contributed by atoms with Crippen LogP contribution in [-0.4, -0.2) is 31.6 Å². The number of rotatable bonds is 4. The van der Waals surface area contributed by atoms with Crippen molar-refractivity contribution < 1.29 is 28.5 Å². The van der Waals surface area contributed by atoms with Crippen LogP contribution in [0.5, 0.6) is 17.2 Å². The van der Waals surface area contributed by atoms with E-state index in [4.69, 9.17) is 14.2 Å². The molecule has 142 valence electrons. The highest BCUT2D eigenvalue weighted by molar-refractivity contribution is 6.12. The molecule has 6 heteroatoms. The quantitative estimate of drug-likeness (QED) is 0.598. The Morgan fingerprint density at radius 2 is 2.00 bits per heavy atom. The molecule has 0 aromatic heterocycles. The van der Waals surface area contributed by atoms with E-state index in [9.17, 15) is 9.59 Å². The monoisotopic (exact) mass is 378 g/mol. The number of ether oxygens (including phenoxy) is 4. The molecule has 1 unspecified atom stereocenters. The predicted octanol–water partition coefficient (Wildman–Crippen LogP) is 3.56. The van der Waals surface area contributed by atoms with Gasteiger partial charge in [-0.1, -0.05) is 18.2 Å². The Balaban J connectivity index is 1.57. The van der Waals surface area contributed by atoms with E-state index in [-0.39, 0.29) is 24.3 Å². The zero-order valence-corrected chi connectivity index (χ0v) is 15.4. The maximum absolute atomic E-state index is 12.7. The largest absolute Gasteiger partial charge is 0.485 e. The number of carbonyl (C=O) groups is 2. The first-order valence-corrected chi connectivity index (χ1v) is 8.80. The van der Waals surface area contributed by atoms with Crippen LogP contribution in [0.1, 0.15) is 22.8 Å². The number of carbonyl (C=O) groups excluding carboxylic acids is 2. The van der Waals surface area contributed by atoms with E-state index in [1.165, 1.54) is 7.11 Å². The lowest BCUT2D eigenvalue weighted by atomic mass is 10.0. The highest BCUT2D eigenvalue weighted by atomic mass is 16.6. The molecule has 0 bridgehead atoms. The van der Waals surface area contributed by atoms with Crippen molar-refractivity contribution in [1.29, 1.82) is 0 Å². The van der Waals surface area contributed by atoms with Crippen LogP contribution in [0.4, 0.5) is 0 Å². The van der Waals surface area contributed by atoms with E-state index >= 15 is 0 Å². The number of hydrogen-bond donors (Lipinski definition) is 0. The maximum atomic E-state index is 12.7. The summed E-state index contributed by atoms with van der Waals surface area (Å²) in [6, 6.07) is 12.5. The van der Waals surface area contributed by atoms with Gasteiger partial charge in [0.2, 0.25) is 5.78 Å². The second-order valence-corrected chi connectivity index (χ2v) is 6.40. The minimum absolute atomic E-state index is 0.207. The first-order chi connectivity index (χ1) is 13.5. The fraction of sp³-hybridized carbons (Fsp3) is 0.182. The molecule has 0 N–H and O–H groups in total. The normalized spacial score (nSPS) is 18.5. The minimum atomic E-state index is -0.489. The number of methoxy groups -OCH3 is 1. The van der Waals surface area contributed by atoms with Crippen LogP contribution in [0.15, 0.2) is 59.9 Å². The summed E-state index contributed by atoms with van der Waals surface area (Å²) in [5, 5.41) is 0. The molecule has 4 rings (SSSR count). The van der Waals surface area contributed by atoms with E-state index < -0.39 is 5.97 Å². The number of esters is 1. The highest BCUT2D eigenvalue weighted by Gasteiger charge is 2.29. The smallest absolute Gasteiger partial charge is 0.343 e. The van der Waals surface area contributed by atoms with Crippen LogP contribution < -0.4 is 14.2 Å². The Bertz CT molecular complexity index is 1020. The van der Waals surface area contributed by atoms with Crippen LogP contribution in [0.3, 0.4) is 0 Å². The molecule has 2 aromatic carbocycles. The van der Waals surface area contributed by atoms with Crippen LogP contribution >= 0.6 is 0 Å². The van der Waals surface area contributed by atoms with Gasteiger partial charge in [-0.25, -0.2) is 4.79 Å². The first kappa shape index (κ1) is 17.9. The van der Waals surface area contributed by atoms with Gasteiger partial charge in [-0.3, -0.25) is 4.79 Å². The van der Waals surface area contributed by atoms with Crippen molar-refractivity contribution in [2.24, 2.45) is 0 Å². The summed E-state index contributed by atoms with van der Waals surface area (Å²) < 4.78 is 21.5. The fourth-order valence-corrected chi connectivity index (χ4v) is 3.03. The second-order valence-electron chi connectivity index (χ2n) is 6.40. The number of ketones is 1. The van der Waals surface area contributed by atoms with Crippen molar-refractivity contribution in [2.75, 3.05) is 13.7 Å². The van der Waals surface area contributed by atoms with Crippen molar-refractivity contribution >= 4 is 17.8 Å². The van der Waals surface area contributed by atoms with Gasteiger partial charge in [0, 0.05) is 11.6 Å². The maximum Gasteiger partial charge on any atom is 0.343 e. The lowest BCUT2D eigenvalue weighted by Gasteiger charge is -2.22. The van der Waals surface area contributed by atoms with Crippen LogP contribution in [0.25, 0.3) is 6.08 Å². The Morgan fingerprint density at radius 1 is 1.18 bits per heavy atom. The number of para-hydroxylation sites is 1. The summed E-state index contributed by atoms with van der Waals surface area (Å²) >= 11 is 0. The van der Waals surface area contributed by atoms with Crippen molar-refractivity contribution in [3.05, 3.63) is 71.0 Å². The van der Waals surface area contributed by atoms with Gasteiger partial charge in [0.25, 0.3) is 0 Å². The van der Waals surface area contributed by atoms with Gasteiger partial charge in [0.1, 0.15) is 23.4 Å². The SMILES string of the molecule is COC(=O)COc1ccc2c(c1)O/C(=C\C1=Cc3ccccc3OC1C)C2=O. The van der Waals surface area contributed by atoms with Gasteiger partial charge >= 0.3 is 5.97 Å². The molecular formula is C22H18O6. The molecule has 6 nitrogen and oxygen atoms in total. The molecule has 0 amide bonds. The van der Waals surface area contributed by atoms with Gasteiger partial charge in [-0.2, -0.15) is 0 Å². The van der Waals surface area contributed by atoms with E-state index in [2.05, 4.69) is 4.74 Å². The third-order valence-electron chi connectivity index (χ3n) is 4.54. The summed E-state index contributed by atoms with van der Waals surface area (Å²) in [6.45, 7) is 1.71. The molecule has 0 saturated carbocycles. The van der Waals surface area contributed by atoms with Gasteiger partial charge < -0.3 is 18.9 Å². The van der Waals surface area contributed by atoms with E-state index in [0.29, 0.717) is 17.1 Å². The average Bonchev–Trinajstić information content (AvgIpc) is 3.01. The Labute approximate surface area is 162 Å². The average molecular weight is 378 g/mol. The molecule has 2 aliphatic heterocycles. The van der Waals surface area contributed by atoms with Crippen molar-refractivity contribution in [3.8, 4) is 17.2 Å². The van der Waals surface area contributed by atoms with Gasteiger partial charge in [-0.15, -0.1) is 0 Å². The molecule has 2 heterocycles. The summed E-state index contributed by atoms with van der Waals surface area (Å²) in [5.41, 5.74) is 2.24. The van der Waals surface area contributed by atoms with Crippen molar-refractivity contribution in [3.63, 3.8) is 0 Å². The zero-order valence-electron chi connectivity index (χ0n) is 15.4. The molecule has 0 radical (unpaired) electrons. The molecule has 2 aromatic rings. The second kappa shape index (κ2) is 7.23. The van der Waals surface area contributed by atoms with Crippen molar-refractivity contribution in [2.45, 2.75) is 13.0 Å². The lowest BCUT2D eigenvalue weighted by Crippen LogP contribution is -2.18. The van der Waals surface area contributed by atoms with Crippen LogP contribution in [-0.2, 0) is 9.53 Å². The molecule has 0 aliphatic carbocycles. The molecule has 28 heavy (non-hydrogen) atoms. The standard InChI is InChI=1S/C22H18O6/c1-13-15(9-14-5-3-4-6-18(14)27-13)10-20-22(24)17-8-7-16(11-19(17)28-20)26-12-21(23)25-2/h3-11,13H,12H2,1-2H3/b20-10-. The third kappa shape index (κ3) is 3.36. The summed E-state index contributed by atoms with van der Waals surface area (Å²) in [6.07, 6.45) is 3.49. The summed E-state index contributed by atoms with van der Waals surface area (Å²) in [4.78, 5) is 23.9. The van der Waals surface area contributed by atoms with Crippen LogP contribution in [0.2, 0.25) is 0 Å². The Hall–Kier alpha value is -3.54. The molecule has 0 fully saturated rings. The lowest BCUT2D eigenvalue weighted by molar-refractivity contribution is -0.142. The molecule has 2 aliphatic rings. The molecule has 0 spiro atoms. The molecular weight excluding hydrogens is 360 g/mol. The first-order valence-electron chi connectivity index (χ1n) is 8.80. The Morgan fingerprint density at radius 3 is 2.82 bits per heavy atom. The van der Waals surface area contributed by atoms with Crippen LogP contribution in [0, 0.1) is 0 Å². The minimum Gasteiger partial charge on any atom is -0.485 e. The molecule has 1 atom stereocenters. The number of Topliss-reactive ketones (excluding diaryl/α,β-unsaturated/α-hetero) is 1. The predicted molar refractivity (Wildman–Crippen MR) is 102 cm³/mol. The summed E-state index contributed by atoms with van der Waals surface area (Å²) in [7, 11) is 1.29. The van der Waals surface area contributed by atoms with Gasteiger partial charge in [-0.05, 0) is 42.8 Å². The fourth-order valence-electron chi connectivity index (χ4n) is 3.03. The summed E-state index contributed by atoms with van der Waals surface area (Å²) in [5.74, 6) is 1.15. The number of hydrogen-bond acceptors (Lipinski definition) is 6. The Kier molecular flexibility index (Phi) is 4.61. The van der Waals surface area contributed by atoms with E-state index in [0.717, 1.165) is 16.9 Å².